The largest absolute Gasteiger partial charge is 0.490 e. The molecule has 0 fully saturated rings. The first-order valence-corrected chi connectivity index (χ1v) is 8.00. The first-order valence-electron chi connectivity index (χ1n) is 8.00. The quantitative estimate of drug-likeness (QED) is 0.918. The third-order valence-electron chi connectivity index (χ3n) is 4.28. The van der Waals surface area contributed by atoms with Gasteiger partial charge in [-0.25, -0.2) is 4.98 Å². The van der Waals surface area contributed by atoms with Gasteiger partial charge in [0.1, 0.15) is 5.82 Å². The van der Waals surface area contributed by atoms with E-state index in [0.717, 1.165) is 31.6 Å². The lowest BCUT2D eigenvalue weighted by Crippen LogP contribution is -2.40. The minimum atomic E-state index is -0.0748. The second kappa shape index (κ2) is 5.95. The number of aromatic nitrogens is 2. The summed E-state index contributed by atoms with van der Waals surface area (Å²) in [6.07, 6.45) is 6.42. The molecule has 3 heterocycles. The van der Waals surface area contributed by atoms with Crippen molar-refractivity contribution in [2.75, 3.05) is 13.2 Å². The van der Waals surface area contributed by atoms with E-state index in [1.54, 1.807) is 12.1 Å². The van der Waals surface area contributed by atoms with Crippen LogP contribution in [0.15, 0.2) is 30.6 Å². The second-order valence-electron chi connectivity index (χ2n) is 5.92. The third-order valence-corrected chi connectivity index (χ3v) is 4.28. The van der Waals surface area contributed by atoms with E-state index >= 15 is 0 Å². The lowest BCUT2D eigenvalue weighted by molar-refractivity contribution is 0.0927. The van der Waals surface area contributed by atoms with Crippen molar-refractivity contribution in [3.63, 3.8) is 0 Å². The van der Waals surface area contributed by atoms with E-state index < -0.39 is 0 Å². The number of benzene rings is 1. The number of fused-ring (bicyclic) bond motifs is 2. The van der Waals surface area contributed by atoms with Crippen LogP contribution in [0.3, 0.4) is 0 Å². The average molecular weight is 313 g/mol. The Kier molecular flexibility index (Phi) is 3.65. The van der Waals surface area contributed by atoms with Crippen LogP contribution in [-0.4, -0.2) is 34.7 Å². The Hall–Kier alpha value is -2.50. The summed E-state index contributed by atoms with van der Waals surface area (Å²) in [5, 5.41) is 3.10. The maximum Gasteiger partial charge on any atom is 0.251 e. The molecule has 2 aliphatic rings. The van der Waals surface area contributed by atoms with Crippen molar-refractivity contribution >= 4 is 5.91 Å². The predicted octanol–water partition coefficient (Wildman–Crippen LogP) is 1.79. The molecule has 1 amide bonds. The van der Waals surface area contributed by atoms with Crippen LogP contribution in [0.2, 0.25) is 0 Å². The molecule has 4 rings (SSSR count). The van der Waals surface area contributed by atoms with Crippen LogP contribution >= 0.6 is 0 Å². The smallest absolute Gasteiger partial charge is 0.251 e. The molecule has 1 aromatic heterocycles. The molecular weight excluding hydrogens is 294 g/mol. The summed E-state index contributed by atoms with van der Waals surface area (Å²) in [6, 6.07) is 5.49. The number of carbonyl (C=O) groups is 1. The van der Waals surface area contributed by atoms with Gasteiger partial charge >= 0.3 is 0 Å². The number of rotatable bonds is 2. The van der Waals surface area contributed by atoms with Crippen molar-refractivity contribution in [3.05, 3.63) is 42.0 Å². The zero-order chi connectivity index (χ0) is 15.6. The molecule has 0 unspecified atom stereocenters. The minimum Gasteiger partial charge on any atom is -0.490 e. The Morgan fingerprint density at radius 2 is 2.13 bits per heavy atom. The van der Waals surface area contributed by atoms with E-state index in [1.807, 2.05) is 18.5 Å². The van der Waals surface area contributed by atoms with Crippen molar-refractivity contribution in [1.29, 1.82) is 0 Å². The summed E-state index contributed by atoms with van der Waals surface area (Å²) in [5.41, 5.74) is 0.602. The zero-order valence-electron chi connectivity index (χ0n) is 12.8. The number of aryl methyl sites for hydroxylation is 1. The Balaban J connectivity index is 1.46. The molecule has 1 atom stereocenters. The molecule has 0 radical (unpaired) electrons. The summed E-state index contributed by atoms with van der Waals surface area (Å²) in [6.45, 7) is 2.03. The fourth-order valence-corrected chi connectivity index (χ4v) is 3.06. The summed E-state index contributed by atoms with van der Waals surface area (Å²) >= 11 is 0. The van der Waals surface area contributed by atoms with E-state index in [2.05, 4.69) is 14.9 Å². The highest BCUT2D eigenvalue weighted by Gasteiger charge is 2.21. The molecule has 2 aromatic rings. The van der Waals surface area contributed by atoms with Gasteiger partial charge in [0.25, 0.3) is 5.91 Å². The maximum absolute atomic E-state index is 12.5. The van der Waals surface area contributed by atoms with Crippen LogP contribution < -0.4 is 14.8 Å². The monoisotopic (exact) mass is 313 g/mol. The Morgan fingerprint density at radius 1 is 1.26 bits per heavy atom. The minimum absolute atomic E-state index is 0.0748. The van der Waals surface area contributed by atoms with Gasteiger partial charge in [0, 0.05) is 43.4 Å². The molecule has 1 aromatic carbocycles. The van der Waals surface area contributed by atoms with Gasteiger partial charge in [0.15, 0.2) is 11.5 Å². The molecule has 0 saturated heterocycles. The highest BCUT2D eigenvalue weighted by Crippen LogP contribution is 2.30. The topological polar surface area (TPSA) is 65.4 Å². The number of nitrogens with zero attached hydrogens (tertiary/aromatic N) is 2. The number of carbonyl (C=O) groups excluding carboxylic acids is 1. The van der Waals surface area contributed by atoms with Gasteiger partial charge in [-0.2, -0.15) is 0 Å². The SMILES string of the molecule is O=C(N[C@@H]1CCc2nccn2C1)c1ccc2c(c1)OCCCO2. The number of hydrogen-bond donors (Lipinski definition) is 1. The van der Waals surface area contributed by atoms with Crippen molar-refractivity contribution in [2.24, 2.45) is 0 Å². The van der Waals surface area contributed by atoms with Gasteiger partial charge in [-0.15, -0.1) is 0 Å². The lowest BCUT2D eigenvalue weighted by Gasteiger charge is -2.24. The van der Waals surface area contributed by atoms with Crippen LogP contribution in [0.1, 0.15) is 29.0 Å². The van der Waals surface area contributed by atoms with E-state index in [1.165, 1.54) is 0 Å². The molecule has 6 nitrogen and oxygen atoms in total. The molecule has 1 N–H and O–H groups in total. The molecule has 2 aliphatic heterocycles. The zero-order valence-corrected chi connectivity index (χ0v) is 12.8. The lowest BCUT2D eigenvalue weighted by atomic mass is 10.1. The Bertz CT molecular complexity index is 726. The van der Waals surface area contributed by atoms with Crippen molar-refractivity contribution in [3.8, 4) is 11.5 Å². The number of imidazole rings is 1. The normalized spacial score (nSPS) is 19.6. The molecule has 0 aliphatic carbocycles. The van der Waals surface area contributed by atoms with Crippen LogP contribution in [0.5, 0.6) is 11.5 Å². The van der Waals surface area contributed by atoms with Gasteiger partial charge < -0.3 is 19.4 Å². The van der Waals surface area contributed by atoms with Crippen LogP contribution in [0.25, 0.3) is 0 Å². The van der Waals surface area contributed by atoms with Gasteiger partial charge in [0.2, 0.25) is 0 Å². The van der Waals surface area contributed by atoms with Gasteiger partial charge in [0.05, 0.1) is 13.2 Å². The number of amides is 1. The van der Waals surface area contributed by atoms with Crippen molar-refractivity contribution in [2.45, 2.75) is 31.8 Å². The van der Waals surface area contributed by atoms with Crippen molar-refractivity contribution < 1.29 is 14.3 Å². The van der Waals surface area contributed by atoms with E-state index in [0.29, 0.717) is 30.3 Å². The first kappa shape index (κ1) is 14.1. The van der Waals surface area contributed by atoms with E-state index in [9.17, 15) is 4.79 Å². The van der Waals surface area contributed by atoms with Gasteiger partial charge in [-0.3, -0.25) is 4.79 Å². The number of nitrogens with one attached hydrogen (secondary N) is 1. The molecule has 0 bridgehead atoms. The molecule has 6 heteroatoms. The Labute approximate surface area is 134 Å². The predicted molar refractivity (Wildman–Crippen MR) is 83.9 cm³/mol. The summed E-state index contributed by atoms with van der Waals surface area (Å²) in [7, 11) is 0. The van der Waals surface area contributed by atoms with E-state index in [4.69, 9.17) is 9.47 Å². The third kappa shape index (κ3) is 2.88. The van der Waals surface area contributed by atoms with Crippen LogP contribution in [0.4, 0.5) is 0 Å². The average Bonchev–Trinajstić information content (AvgIpc) is 2.90. The van der Waals surface area contributed by atoms with E-state index in [-0.39, 0.29) is 11.9 Å². The number of hydrogen-bond acceptors (Lipinski definition) is 4. The highest BCUT2D eigenvalue weighted by molar-refractivity contribution is 5.95. The molecule has 0 saturated carbocycles. The van der Waals surface area contributed by atoms with Crippen LogP contribution in [0, 0.1) is 0 Å². The van der Waals surface area contributed by atoms with Crippen LogP contribution in [-0.2, 0) is 13.0 Å². The highest BCUT2D eigenvalue weighted by atomic mass is 16.5. The molecule has 23 heavy (non-hydrogen) atoms. The molecule has 120 valence electrons. The maximum atomic E-state index is 12.5. The summed E-state index contributed by atoms with van der Waals surface area (Å²) < 4.78 is 13.3. The molecular formula is C17H19N3O3. The Morgan fingerprint density at radius 3 is 3.04 bits per heavy atom. The standard InChI is InChI=1S/C17H19N3O3/c21-17(19-13-3-5-16-18-6-7-20(16)11-13)12-2-4-14-15(10-12)23-9-1-8-22-14/h2,4,6-7,10,13H,1,3,5,8-9,11H2,(H,19,21)/t13-/m1/s1. The fraction of sp³-hybridized carbons (Fsp3) is 0.412. The van der Waals surface area contributed by atoms with Crippen molar-refractivity contribution in [1.82, 2.24) is 14.9 Å². The number of ether oxygens (including phenoxy) is 2. The fourth-order valence-electron chi connectivity index (χ4n) is 3.06. The summed E-state index contributed by atoms with van der Waals surface area (Å²) in [4.78, 5) is 16.8. The van der Waals surface area contributed by atoms with Gasteiger partial charge in [-0.1, -0.05) is 0 Å². The van der Waals surface area contributed by atoms with Gasteiger partial charge in [-0.05, 0) is 24.6 Å². The molecule has 0 spiro atoms. The first-order chi connectivity index (χ1) is 11.3. The summed E-state index contributed by atoms with van der Waals surface area (Å²) in [5.74, 6) is 2.37. The second-order valence-corrected chi connectivity index (χ2v) is 5.92.